The van der Waals surface area contributed by atoms with Gasteiger partial charge in [-0.15, -0.1) is 5.10 Å². The van der Waals surface area contributed by atoms with Crippen molar-refractivity contribution < 1.29 is 4.74 Å². The SMILES string of the molecule is CCC(COC)n1nnnc1-c1cc(N)c(C)cc1C. The van der Waals surface area contributed by atoms with E-state index in [9.17, 15) is 0 Å². The Bertz CT molecular complexity index is 593. The van der Waals surface area contributed by atoms with Crippen LogP contribution in [0.3, 0.4) is 0 Å². The fourth-order valence-electron chi connectivity index (χ4n) is 2.28. The summed E-state index contributed by atoms with van der Waals surface area (Å²) < 4.78 is 7.06. The number of ether oxygens (including phenoxy) is 1. The van der Waals surface area contributed by atoms with Gasteiger partial charge in [-0.25, -0.2) is 4.68 Å². The van der Waals surface area contributed by atoms with E-state index >= 15 is 0 Å². The molecular formula is C14H21N5O. The van der Waals surface area contributed by atoms with Gasteiger partial charge in [-0.1, -0.05) is 13.0 Å². The monoisotopic (exact) mass is 275 g/mol. The molecule has 0 aliphatic heterocycles. The smallest absolute Gasteiger partial charge is 0.182 e. The molecule has 2 N–H and O–H groups in total. The lowest BCUT2D eigenvalue weighted by atomic mass is 10.0. The molecule has 0 fully saturated rings. The highest BCUT2D eigenvalue weighted by Crippen LogP contribution is 2.28. The number of nitrogens with zero attached hydrogens (tertiary/aromatic N) is 4. The predicted molar refractivity (Wildman–Crippen MR) is 78.3 cm³/mol. The summed E-state index contributed by atoms with van der Waals surface area (Å²) in [5.41, 5.74) is 9.90. The first-order chi connectivity index (χ1) is 9.58. The molecule has 2 aromatic rings. The van der Waals surface area contributed by atoms with Crippen LogP contribution >= 0.6 is 0 Å². The maximum absolute atomic E-state index is 6.01. The Balaban J connectivity index is 2.49. The molecule has 0 amide bonds. The molecule has 0 spiro atoms. The van der Waals surface area contributed by atoms with Gasteiger partial charge < -0.3 is 10.5 Å². The largest absolute Gasteiger partial charge is 0.398 e. The van der Waals surface area contributed by atoms with Crippen LogP contribution in [0.2, 0.25) is 0 Å². The van der Waals surface area contributed by atoms with E-state index in [4.69, 9.17) is 10.5 Å². The van der Waals surface area contributed by atoms with E-state index in [0.29, 0.717) is 6.61 Å². The molecule has 0 saturated heterocycles. The fraction of sp³-hybridized carbons (Fsp3) is 0.500. The average molecular weight is 275 g/mol. The molecule has 1 heterocycles. The van der Waals surface area contributed by atoms with Crippen LogP contribution in [0.5, 0.6) is 0 Å². The number of rotatable bonds is 5. The topological polar surface area (TPSA) is 78.8 Å². The quantitative estimate of drug-likeness (QED) is 0.846. The summed E-state index contributed by atoms with van der Waals surface area (Å²) >= 11 is 0. The number of hydrogen-bond donors (Lipinski definition) is 1. The Morgan fingerprint density at radius 2 is 2.05 bits per heavy atom. The number of hydrogen-bond acceptors (Lipinski definition) is 5. The van der Waals surface area contributed by atoms with E-state index in [0.717, 1.165) is 34.6 Å². The minimum absolute atomic E-state index is 0.118. The van der Waals surface area contributed by atoms with Gasteiger partial charge in [-0.05, 0) is 47.9 Å². The van der Waals surface area contributed by atoms with Crippen molar-refractivity contribution in [2.45, 2.75) is 33.2 Å². The van der Waals surface area contributed by atoms with Crippen LogP contribution in [0.15, 0.2) is 12.1 Å². The van der Waals surface area contributed by atoms with Crippen LogP contribution in [-0.4, -0.2) is 33.9 Å². The van der Waals surface area contributed by atoms with Gasteiger partial charge in [0.2, 0.25) is 0 Å². The highest BCUT2D eigenvalue weighted by atomic mass is 16.5. The van der Waals surface area contributed by atoms with Crippen molar-refractivity contribution in [2.24, 2.45) is 0 Å². The Labute approximate surface area is 118 Å². The van der Waals surface area contributed by atoms with Gasteiger partial charge in [0.05, 0.1) is 12.6 Å². The van der Waals surface area contributed by atoms with E-state index < -0.39 is 0 Å². The van der Waals surface area contributed by atoms with Crippen molar-refractivity contribution in [3.05, 3.63) is 23.3 Å². The van der Waals surface area contributed by atoms with E-state index in [1.54, 1.807) is 7.11 Å². The van der Waals surface area contributed by atoms with Gasteiger partial charge in [0, 0.05) is 18.4 Å². The highest BCUT2D eigenvalue weighted by molar-refractivity contribution is 5.67. The normalized spacial score (nSPS) is 12.6. The third-order valence-corrected chi connectivity index (χ3v) is 3.52. The van der Waals surface area contributed by atoms with Gasteiger partial charge in [0.1, 0.15) is 0 Å². The first-order valence-corrected chi connectivity index (χ1v) is 6.72. The van der Waals surface area contributed by atoms with Crippen molar-refractivity contribution in [1.29, 1.82) is 0 Å². The molecule has 6 heteroatoms. The van der Waals surface area contributed by atoms with Crippen LogP contribution in [0.25, 0.3) is 11.4 Å². The maximum Gasteiger partial charge on any atom is 0.182 e. The summed E-state index contributed by atoms with van der Waals surface area (Å²) in [6, 6.07) is 4.11. The standard InChI is InChI=1S/C14H21N5O/c1-5-11(8-20-4)19-14(16-17-18-19)12-7-13(15)10(3)6-9(12)2/h6-7,11H,5,8,15H2,1-4H3. The Morgan fingerprint density at radius 3 is 2.70 bits per heavy atom. The van der Waals surface area contributed by atoms with E-state index in [1.165, 1.54) is 0 Å². The molecule has 1 unspecified atom stereocenters. The molecule has 1 atom stereocenters. The van der Waals surface area contributed by atoms with E-state index in [2.05, 4.69) is 28.5 Å². The second kappa shape index (κ2) is 6.00. The van der Waals surface area contributed by atoms with Crippen LogP contribution in [0.1, 0.15) is 30.5 Å². The Kier molecular flexibility index (Phi) is 4.34. The molecule has 0 radical (unpaired) electrons. The Hall–Kier alpha value is -1.95. The van der Waals surface area contributed by atoms with Crippen LogP contribution in [0, 0.1) is 13.8 Å². The van der Waals surface area contributed by atoms with Gasteiger partial charge in [0.25, 0.3) is 0 Å². The summed E-state index contributed by atoms with van der Waals surface area (Å²) in [5, 5.41) is 12.1. The van der Waals surface area contributed by atoms with E-state index in [1.807, 2.05) is 24.6 Å². The van der Waals surface area contributed by atoms with Crippen LogP contribution in [-0.2, 0) is 4.74 Å². The zero-order valence-electron chi connectivity index (χ0n) is 12.4. The summed E-state index contributed by atoms with van der Waals surface area (Å²) in [7, 11) is 1.68. The number of tetrazole rings is 1. The first-order valence-electron chi connectivity index (χ1n) is 6.72. The van der Waals surface area contributed by atoms with Gasteiger partial charge in [0.15, 0.2) is 5.82 Å². The average Bonchev–Trinajstić information content (AvgIpc) is 2.89. The number of methoxy groups -OCH3 is 1. The van der Waals surface area contributed by atoms with Crippen molar-refractivity contribution in [1.82, 2.24) is 20.2 Å². The molecule has 1 aromatic carbocycles. The molecular weight excluding hydrogens is 254 g/mol. The lowest BCUT2D eigenvalue weighted by Crippen LogP contribution is -2.17. The zero-order valence-corrected chi connectivity index (χ0v) is 12.4. The lowest BCUT2D eigenvalue weighted by Gasteiger charge is -2.16. The van der Waals surface area contributed by atoms with Crippen molar-refractivity contribution in [3.63, 3.8) is 0 Å². The molecule has 1 aromatic heterocycles. The summed E-state index contributed by atoms with van der Waals surface area (Å²) in [6.45, 7) is 6.70. The zero-order chi connectivity index (χ0) is 14.7. The molecule has 20 heavy (non-hydrogen) atoms. The fourth-order valence-corrected chi connectivity index (χ4v) is 2.28. The van der Waals surface area contributed by atoms with Crippen LogP contribution in [0.4, 0.5) is 5.69 Å². The van der Waals surface area contributed by atoms with Gasteiger partial charge in [-0.2, -0.15) is 0 Å². The van der Waals surface area contributed by atoms with Crippen molar-refractivity contribution in [3.8, 4) is 11.4 Å². The number of nitrogens with two attached hydrogens (primary N) is 1. The van der Waals surface area contributed by atoms with Gasteiger partial charge >= 0.3 is 0 Å². The van der Waals surface area contributed by atoms with Crippen molar-refractivity contribution in [2.75, 3.05) is 19.5 Å². The molecule has 0 bridgehead atoms. The summed E-state index contributed by atoms with van der Waals surface area (Å²) in [6.07, 6.45) is 0.895. The third kappa shape index (κ3) is 2.65. The molecule has 2 rings (SSSR count). The summed E-state index contributed by atoms with van der Waals surface area (Å²) in [4.78, 5) is 0. The van der Waals surface area contributed by atoms with Gasteiger partial charge in [-0.3, -0.25) is 0 Å². The molecule has 108 valence electrons. The number of anilines is 1. The Morgan fingerprint density at radius 1 is 1.30 bits per heavy atom. The number of aromatic nitrogens is 4. The summed E-state index contributed by atoms with van der Waals surface area (Å²) in [5.74, 6) is 0.734. The minimum Gasteiger partial charge on any atom is -0.398 e. The molecule has 0 aliphatic carbocycles. The highest BCUT2D eigenvalue weighted by Gasteiger charge is 2.18. The van der Waals surface area contributed by atoms with E-state index in [-0.39, 0.29) is 6.04 Å². The minimum atomic E-state index is 0.118. The third-order valence-electron chi connectivity index (χ3n) is 3.52. The second-order valence-electron chi connectivity index (χ2n) is 4.99. The molecule has 0 aliphatic rings. The number of nitrogen functional groups attached to an aromatic ring is 1. The molecule has 6 nitrogen and oxygen atoms in total. The molecule has 0 saturated carbocycles. The van der Waals surface area contributed by atoms with Crippen molar-refractivity contribution >= 4 is 5.69 Å². The van der Waals surface area contributed by atoms with Crippen LogP contribution < -0.4 is 5.73 Å². The number of benzene rings is 1. The lowest BCUT2D eigenvalue weighted by molar-refractivity contribution is 0.147. The second-order valence-corrected chi connectivity index (χ2v) is 4.99. The maximum atomic E-state index is 6.01. The first kappa shape index (κ1) is 14.5. The number of aryl methyl sites for hydroxylation is 2. The predicted octanol–water partition coefficient (Wildman–Crippen LogP) is 2.14.